The Kier molecular flexibility index (Phi) is 12.1. The number of hydrogen-bond acceptors (Lipinski definition) is 10. The Morgan fingerprint density at radius 2 is 1.84 bits per heavy atom. The van der Waals surface area contributed by atoms with Crippen molar-refractivity contribution in [1.29, 1.82) is 0 Å². The summed E-state index contributed by atoms with van der Waals surface area (Å²) in [6.07, 6.45) is 0.687. The number of carbonyl (C=O) groups excluding carboxylic acids is 2. The van der Waals surface area contributed by atoms with Gasteiger partial charge in [0.2, 0.25) is 11.6 Å². The number of carboxylic acids is 1. The molecule has 2 heterocycles. The van der Waals surface area contributed by atoms with Gasteiger partial charge in [-0.3, -0.25) is 4.79 Å². The van der Waals surface area contributed by atoms with Crippen molar-refractivity contribution in [2.75, 3.05) is 13.7 Å². The summed E-state index contributed by atoms with van der Waals surface area (Å²) in [4.78, 5) is 37.8. The number of carboxylic acid groups (broad SMARTS) is 1. The van der Waals surface area contributed by atoms with Crippen LogP contribution in [-0.4, -0.2) is 82.4 Å². The molecule has 45 heavy (non-hydrogen) atoms. The summed E-state index contributed by atoms with van der Waals surface area (Å²) < 4.78 is 28.1. The van der Waals surface area contributed by atoms with Gasteiger partial charge in [0.15, 0.2) is 6.10 Å². The summed E-state index contributed by atoms with van der Waals surface area (Å²) in [6, 6.07) is 9.67. The molecule has 0 spiro atoms. The van der Waals surface area contributed by atoms with E-state index in [0.717, 1.165) is 25.5 Å². The Balaban J connectivity index is 1.86. The van der Waals surface area contributed by atoms with Crippen LogP contribution in [-0.2, 0) is 44.5 Å². The quantitative estimate of drug-likeness (QED) is 0.105. The highest BCUT2D eigenvalue weighted by molar-refractivity contribution is 5.85. The van der Waals surface area contributed by atoms with E-state index in [0.29, 0.717) is 17.9 Å². The lowest BCUT2D eigenvalue weighted by molar-refractivity contribution is -0.411. The van der Waals surface area contributed by atoms with Crippen LogP contribution in [0.2, 0.25) is 0 Å². The van der Waals surface area contributed by atoms with Crippen LogP contribution in [0.3, 0.4) is 0 Å². The van der Waals surface area contributed by atoms with E-state index in [2.05, 4.69) is 20.4 Å². The molecule has 2 bridgehead atoms. The fourth-order valence-corrected chi connectivity index (χ4v) is 6.19. The average Bonchev–Trinajstić information content (AvgIpc) is 3.22. The van der Waals surface area contributed by atoms with Crippen molar-refractivity contribution in [2.45, 2.75) is 102 Å². The molecular formula is C34H48O11. The number of fused-ring (bicyclic) bond motifs is 2. The molecule has 2 unspecified atom stereocenters. The van der Waals surface area contributed by atoms with E-state index < -0.39 is 60.0 Å². The first-order valence-corrected chi connectivity index (χ1v) is 15.4. The third kappa shape index (κ3) is 7.84. The van der Waals surface area contributed by atoms with Gasteiger partial charge in [0.1, 0.15) is 18.8 Å². The molecule has 0 aliphatic carbocycles. The molecule has 11 nitrogen and oxygen atoms in total. The van der Waals surface area contributed by atoms with Crippen LogP contribution in [0.25, 0.3) is 0 Å². The van der Waals surface area contributed by atoms with E-state index in [-0.39, 0.29) is 24.7 Å². The van der Waals surface area contributed by atoms with Gasteiger partial charge in [-0.15, -0.1) is 0 Å². The van der Waals surface area contributed by atoms with E-state index in [9.17, 15) is 29.7 Å². The number of methoxy groups -OCH3 is 1. The number of carbonyl (C=O) groups is 3. The first kappa shape index (κ1) is 36.4. The Hall–Kier alpha value is -3.09. The minimum absolute atomic E-state index is 0.0379. The third-order valence-electron chi connectivity index (χ3n) is 8.90. The molecule has 2 fully saturated rings. The normalized spacial score (nSPS) is 30.3. The molecule has 1 aromatic carbocycles. The average molecular weight is 633 g/mol. The van der Waals surface area contributed by atoms with Crippen LogP contribution < -0.4 is 0 Å². The molecule has 0 aromatic heterocycles. The van der Waals surface area contributed by atoms with Gasteiger partial charge in [0, 0.05) is 32.4 Å². The molecule has 9 atom stereocenters. The zero-order chi connectivity index (χ0) is 33.6. The van der Waals surface area contributed by atoms with Crippen LogP contribution >= 0.6 is 0 Å². The standard InChI is InChI=1S/C34H48O11/c1-8-21(2)18-22(3)14-15-27(36)44-30-29(37)32(42-20-33(40,41-7)34(30,45-32)31(38)39)17-16-23(4)28(43-25(6)35)24(5)19-26-12-10-9-11-13-26/h9-15,21-22,24,28-30,37,40H,4,8,16-20H2,1-3,5-7H3,(H,38,39)/b15-14+/t21-,22+,24+,28+,29+,30+,32-,33?,34?/m0/s1. The summed E-state index contributed by atoms with van der Waals surface area (Å²) >= 11 is 0. The van der Waals surface area contributed by atoms with Crippen LogP contribution in [0.15, 0.2) is 54.6 Å². The molecule has 0 amide bonds. The largest absolute Gasteiger partial charge is 0.479 e. The second-order valence-corrected chi connectivity index (χ2v) is 12.5. The number of allylic oxidation sites excluding steroid dienone is 1. The van der Waals surface area contributed by atoms with Gasteiger partial charge in [0.05, 0.1) is 0 Å². The Morgan fingerprint density at radius 1 is 1.18 bits per heavy atom. The lowest BCUT2D eigenvalue weighted by Gasteiger charge is -2.47. The maximum absolute atomic E-state index is 13.0. The predicted octanol–water partition coefficient (Wildman–Crippen LogP) is 3.95. The molecule has 2 aliphatic rings. The lowest BCUT2D eigenvalue weighted by atomic mass is 9.85. The monoisotopic (exact) mass is 632 g/mol. The van der Waals surface area contributed by atoms with Crippen molar-refractivity contribution in [1.82, 2.24) is 0 Å². The molecule has 3 rings (SSSR count). The number of aliphatic hydroxyl groups is 2. The molecule has 0 saturated carbocycles. The summed E-state index contributed by atoms with van der Waals surface area (Å²) in [5.41, 5.74) is -1.20. The van der Waals surface area contributed by atoms with Crippen LogP contribution in [0.5, 0.6) is 0 Å². The highest BCUT2D eigenvalue weighted by Crippen LogP contribution is 2.53. The topological polar surface area (TPSA) is 158 Å². The van der Waals surface area contributed by atoms with Gasteiger partial charge in [-0.05, 0) is 42.2 Å². The predicted molar refractivity (Wildman–Crippen MR) is 164 cm³/mol. The molecule has 0 radical (unpaired) electrons. The van der Waals surface area contributed by atoms with E-state index in [1.54, 1.807) is 6.08 Å². The van der Waals surface area contributed by atoms with Gasteiger partial charge in [-0.1, -0.05) is 77.1 Å². The number of rotatable bonds is 16. The molecule has 2 saturated heterocycles. The van der Waals surface area contributed by atoms with Crippen molar-refractivity contribution in [3.05, 3.63) is 60.2 Å². The zero-order valence-corrected chi connectivity index (χ0v) is 27.1. The van der Waals surface area contributed by atoms with Gasteiger partial charge < -0.3 is 39.0 Å². The Bertz CT molecular complexity index is 1230. The highest BCUT2D eigenvalue weighted by atomic mass is 16.8. The second-order valence-electron chi connectivity index (χ2n) is 12.5. The maximum atomic E-state index is 13.0. The highest BCUT2D eigenvalue weighted by Gasteiger charge is 2.80. The smallest absolute Gasteiger partial charge is 0.346 e. The number of aliphatic carboxylic acids is 1. The first-order chi connectivity index (χ1) is 21.1. The molecule has 11 heteroatoms. The van der Waals surface area contributed by atoms with Gasteiger partial charge in [-0.2, -0.15) is 0 Å². The van der Waals surface area contributed by atoms with Crippen molar-refractivity contribution in [3.63, 3.8) is 0 Å². The number of ether oxygens (including phenoxy) is 5. The summed E-state index contributed by atoms with van der Waals surface area (Å²) in [5.74, 6) is -7.47. The number of aliphatic hydroxyl groups excluding tert-OH is 1. The lowest BCUT2D eigenvalue weighted by Crippen LogP contribution is -2.71. The molecule has 1 aromatic rings. The fourth-order valence-electron chi connectivity index (χ4n) is 6.19. The Labute approximate surface area is 265 Å². The summed E-state index contributed by atoms with van der Waals surface area (Å²) in [5, 5.41) is 33.2. The number of benzene rings is 1. The molecule has 250 valence electrons. The van der Waals surface area contributed by atoms with E-state index in [1.807, 2.05) is 44.2 Å². The van der Waals surface area contributed by atoms with Crippen LogP contribution in [0, 0.1) is 17.8 Å². The van der Waals surface area contributed by atoms with Crippen molar-refractivity contribution in [2.24, 2.45) is 17.8 Å². The number of esters is 2. The SMILES string of the molecule is C=C(CC[C@]12OCC(O)(OC)C(C(=O)O)(O1)[C@H](OC(=O)/C=C/[C@@H](C)C[C@@H](C)CC)[C@H]2O)[C@@H](OC(C)=O)[C@H](C)Cc1ccccc1. The second kappa shape index (κ2) is 15.0. The number of hydrogen-bond donors (Lipinski definition) is 3. The fraction of sp³-hybridized carbons (Fsp3) is 0.618. The van der Waals surface area contributed by atoms with Crippen LogP contribution in [0.1, 0.15) is 65.9 Å². The minimum Gasteiger partial charge on any atom is -0.479 e. The van der Waals surface area contributed by atoms with Crippen LogP contribution in [0.4, 0.5) is 0 Å². The van der Waals surface area contributed by atoms with Crippen molar-refractivity contribution in [3.8, 4) is 0 Å². The van der Waals surface area contributed by atoms with Gasteiger partial charge in [0.25, 0.3) is 5.60 Å². The molecular weight excluding hydrogens is 584 g/mol. The van der Waals surface area contributed by atoms with Gasteiger partial charge >= 0.3 is 17.9 Å². The zero-order valence-electron chi connectivity index (χ0n) is 27.1. The van der Waals surface area contributed by atoms with Gasteiger partial charge in [-0.25, -0.2) is 9.59 Å². The minimum atomic E-state index is -2.72. The summed E-state index contributed by atoms with van der Waals surface area (Å²) in [6.45, 7) is 12.8. The van der Waals surface area contributed by atoms with Crippen molar-refractivity contribution < 1.29 is 53.4 Å². The third-order valence-corrected chi connectivity index (χ3v) is 8.90. The maximum Gasteiger partial charge on any atom is 0.346 e. The van der Waals surface area contributed by atoms with Crippen molar-refractivity contribution >= 4 is 17.9 Å². The van der Waals surface area contributed by atoms with E-state index in [1.165, 1.54) is 13.0 Å². The summed E-state index contributed by atoms with van der Waals surface area (Å²) in [7, 11) is 1.06. The molecule has 2 aliphatic heterocycles. The van der Waals surface area contributed by atoms with E-state index in [4.69, 9.17) is 23.7 Å². The first-order valence-electron chi connectivity index (χ1n) is 15.4. The Morgan fingerprint density at radius 3 is 2.42 bits per heavy atom. The van der Waals surface area contributed by atoms with E-state index >= 15 is 0 Å². The molecule has 3 N–H and O–H groups in total.